The molecule has 3 heterocycles. The van der Waals surface area contributed by atoms with Crippen LogP contribution in [0.3, 0.4) is 0 Å². The summed E-state index contributed by atoms with van der Waals surface area (Å²) in [7, 11) is 0. The van der Waals surface area contributed by atoms with E-state index < -0.39 is 5.92 Å². The first-order valence-electron chi connectivity index (χ1n) is 12.7. The van der Waals surface area contributed by atoms with Crippen LogP contribution in [0.4, 0.5) is 5.82 Å². The zero-order valence-electron chi connectivity index (χ0n) is 21.9. The van der Waals surface area contributed by atoms with Crippen LogP contribution in [-0.4, -0.2) is 35.4 Å². The lowest BCUT2D eigenvalue weighted by atomic mass is 9.90. The summed E-state index contributed by atoms with van der Waals surface area (Å²) in [5.41, 5.74) is 6.43. The van der Waals surface area contributed by atoms with Crippen molar-refractivity contribution in [1.29, 1.82) is 0 Å². The van der Waals surface area contributed by atoms with E-state index in [0.29, 0.717) is 17.3 Å². The largest absolute Gasteiger partial charge is 0.310 e. The van der Waals surface area contributed by atoms with E-state index in [0.717, 1.165) is 33.5 Å². The molecule has 0 saturated carbocycles. The molecule has 8 heteroatoms. The molecule has 0 unspecified atom stereocenters. The zero-order valence-corrected chi connectivity index (χ0v) is 21.9. The first-order valence-corrected chi connectivity index (χ1v) is 12.7. The van der Waals surface area contributed by atoms with E-state index in [1.165, 1.54) is 11.9 Å². The maximum absolute atomic E-state index is 13.8. The molecule has 6 aromatic rings. The van der Waals surface area contributed by atoms with E-state index in [1.807, 2.05) is 84.4 Å². The highest BCUT2D eigenvalue weighted by atomic mass is 16.2. The maximum atomic E-state index is 13.8. The number of hydrogen-bond donors (Lipinski definition) is 1. The van der Waals surface area contributed by atoms with Gasteiger partial charge in [0.15, 0.2) is 11.5 Å². The summed E-state index contributed by atoms with van der Waals surface area (Å²) in [4.78, 5) is 22.9. The van der Waals surface area contributed by atoms with Gasteiger partial charge in [-0.2, -0.15) is 14.9 Å². The number of benzene rings is 3. The summed E-state index contributed by atoms with van der Waals surface area (Å²) < 4.78 is 3.46. The van der Waals surface area contributed by atoms with Crippen LogP contribution in [0.1, 0.15) is 33.9 Å². The van der Waals surface area contributed by atoms with Crippen LogP contribution in [0, 0.1) is 20.8 Å². The van der Waals surface area contributed by atoms with Crippen molar-refractivity contribution in [2.45, 2.75) is 26.7 Å². The predicted molar refractivity (Wildman–Crippen MR) is 151 cm³/mol. The molecule has 1 N–H and O–H groups in total. The molecule has 0 radical (unpaired) electrons. The molecule has 0 spiro atoms. The summed E-state index contributed by atoms with van der Waals surface area (Å²) in [6, 6.07) is 27.6. The second kappa shape index (κ2) is 9.98. The minimum atomic E-state index is -0.492. The van der Waals surface area contributed by atoms with Gasteiger partial charge in [-0.05, 0) is 43.5 Å². The fraction of sp³-hybridized carbons (Fsp3) is 0.129. The number of aromatic nitrogens is 6. The lowest BCUT2D eigenvalue weighted by Gasteiger charge is -2.18. The van der Waals surface area contributed by atoms with Gasteiger partial charge in [-0.25, -0.2) is 14.6 Å². The van der Waals surface area contributed by atoms with Gasteiger partial charge in [-0.1, -0.05) is 78.4 Å². The molecule has 39 heavy (non-hydrogen) atoms. The number of amides is 1. The molecule has 0 aliphatic carbocycles. The van der Waals surface area contributed by atoms with E-state index in [1.54, 1.807) is 10.9 Å². The van der Waals surface area contributed by atoms with Gasteiger partial charge in [-0.15, -0.1) is 0 Å². The van der Waals surface area contributed by atoms with Crippen molar-refractivity contribution >= 4 is 22.8 Å². The predicted octanol–water partition coefficient (Wildman–Crippen LogP) is 5.70. The highest BCUT2D eigenvalue weighted by Gasteiger charge is 2.25. The van der Waals surface area contributed by atoms with Gasteiger partial charge in [0, 0.05) is 6.07 Å². The Morgan fingerprint density at radius 2 is 1.51 bits per heavy atom. The van der Waals surface area contributed by atoms with E-state index in [9.17, 15) is 4.79 Å². The Morgan fingerprint density at radius 3 is 2.18 bits per heavy atom. The Balaban J connectivity index is 1.41. The molecule has 192 valence electrons. The summed E-state index contributed by atoms with van der Waals surface area (Å²) in [5, 5.41) is 13.1. The Morgan fingerprint density at radius 1 is 0.821 bits per heavy atom. The number of hydrogen-bond acceptors (Lipinski definition) is 5. The van der Waals surface area contributed by atoms with Crippen LogP contribution in [0.2, 0.25) is 0 Å². The summed E-state index contributed by atoms with van der Waals surface area (Å²) in [5.74, 6) is 0.405. The molecule has 8 nitrogen and oxygen atoms in total. The molecule has 3 aromatic carbocycles. The lowest BCUT2D eigenvalue weighted by molar-refractivity contribution is -0.116. The molecular formula is C31H27N7O. The van der Waals surface area contributed by atoms with Gasteiger partial charge >= 0.3 is 0 Å². The van der Waals surface area contributed by atoms with Crippen LogP contribution >= 0.6 is 0 Å². The number of carbonyl (C=O) groups excluding carboxylic acids is 1. The molecule has 0 aliphatic heterocycles. The molecule has 0 fully saturated rings. The smallest absolute Gasteiger partial charge is 0.237 e. The second-order valence-electron chi connectivity index (χ2n) is 9.61. The van der Waals surface area contributed by atoms with Crippen LogP contribution in [0.25, 0.3) is 22.5 Å². The van der Waals surface area contributed by atoms with Gasteiger partial charge < -0.3 is 5.32 Å². The quantitative estimate of drug-likeness (QED) is 0.309. The van der Waals surface area contributed by atoms with Crippen molar-refractivity contribution < 1.29 is 4.79 Å². The summed E-state index contributed by atoms with van der Waals surface area (Å²) in [6.07, 6.45) is 3.24. The lowest BCUT2D eigenvalue weighted by Crippen LogP contribution is -2.23. The van der Waals surface area contributed by atoms with Crippen molar-refractivity contribution in [3.05, 3.63) is 125 Å². The van der Waals surface area contributed by atoms with Gasteiger partial charge in [0.05, 0.1) is 28.9 Å². The molecule has 0 bridgehead atoms. The van der Waals surface area contributed by atoms with Crippen molar-refractivity contribution in [2.75, 3.05) is 5.32 Å². The van der Waals surface area contributed by atoms with Crippen molar-refractivity contribution in [3.63, 3.8) is 0 Å². The number of nitrogens with one attached hydrogen (secondary N) is 1. The van der Waals surface area contributed by atoms with Crippen molar-refractivity contribution in [2.24, 2.45) is 0 Å². The Labute approximate surface area is 226 Å². The standard InChI is InChI=1S/C31H27N7O/c1-20-14-15-26(21(2)16-20)37-29-25(18-34-37)30(33-19-32-29)38-27(17-22(3)36-38)35-31(39)28(23-10-6-4-7-11-23)24-12-8-5-9-13-24/h4-19,28H,1-3H3,(H,35,39). The van der Waals surface area contributed by atoms with Crippen LogP contribution in [-0.2, 0) is 4.79 Å². The number of aryl methyl sites for hydroxylation is 3. The number of anilines is 1. The third-order valence-electron chi connectivity index (χ3n) is 6.74. The third kappa shape index (κ3) is 4.57. The Bertz CT molecular complexity index is 1750. The molecule has 0 aliphatic rings. The highest BCUT2D eigenvalue weighted by Crippen LogP contribution is 2.29. The van der Waals surface area contributed by atoms with E-state index in [4.69, 9.17) is 0 Å². The fourth-order valence-corrected chi connectivity index (χ4v) is 4.95. The summed E-state index contributed by atoms with van der Waals surface area (Å²) >= 11 is 0. The number of carbonyl (C=O) groups is 1. The van der Waals surface area contributed by atoms with Crippen LogP contribution < -0.4 is 5.32 Å². The average molecular weight is 514 g/mol. The maximum Gasteiger partial charge on any atom is 0.237 e. The fourth-order valence-electron chi connectivity index (χ4n) is 4.95. The van der Waals surface area contributed by atoms with Crippen LogP contribution in [0.15, 0.2) is 97.5 Å². The molecule has 1 amide bonds. The normalized spacial score (nSPS) is 11.3. The first kappa shape index (κ1) is 24.2. The van der Waals surface area contributed by atoms with E-state index in [2.05, 4.69) is 51.5 Å². The average Bonchev–Trinajstić information content (AvgIpc) is 3.53. The Kier molecular flexibility index (Phi) is 6.20. The van der Waals surface area contributed by atoms with E-state index in [-0.39, 0.29) is 5.91 Å². The zero-order chi connectivity index (χ0) is 26.9. The Hall–Kier alpha value is -5.11. The topological polar surface area (TPSA) is 90.5 Å². The number of fused-ring (bicyclic) bond motifs is 1. The first-order chi connectivity index (χ1) is 19.0. The number of nitrogens with zero attached hydrogens (tertiary/aromatic N) is 6. The van der Waals surface area contributed by atoms with Gasteiger partial charge in [0.1, 0.15) is 12.1 Å². The third-order valence-corrected chi connectivity index (χ3v) is 6.74. The summed E-state index contributed by atoms with van der Waals surface area (Å²) in [6.45, 7) is 6.00. The highest BCUT2D eigenvalue weighted by molar-refractivity contribution is 5.98. The van der Waals surface area contributed by atoms with Crippen molar-refractivity contribution in [1.82, 2.24) is 29.5 Å². The second-order valence-corrected chi connectivity index (χ2v) is 9.61. The van der Waals surface area contributed by atoms with Crippen molar-refractivity contribution in [3.8, 4) is 11.5 Å². The van der Waals surface area contributed by atoms with Gasteiger partial charge in [0.25, 0.3) is 0 Å². The molecule has 0 atom stereocenters. The minimum Gasteiger partial charge on any atom is -0.310 e. The molecule has 0 saturated heterocycles. The minimum absolute atomic E-state index is 0.162. The molecular weight excluding hydrogens is 486 g/mol. The van der Waals surface area contributed by atoms with Crippen LogP contribution in [0.5, 0.6) is 0 Å². The monoisotopic (exact) mass is 513 g/mol. The van der Waals surface area contributed by atoms with Gasteiger partial charge in [0.2, 0.25) is 5.91 Å². The van der Waals surface area contributed by atoms with Gasteiger partial charge in [-0.3, -0.25) is 4.79 Å². The van der Waals surface area contributed by atoms with E-state index >= 15 is 0 Å². The number of rotatable bonds is 6. The molecule has 6 rings (SSSR count). The SMILES string of the molecule is Cc1ccc(-n2ncc3c(-n4nc(C)cc4NC(=O)C(c4ccccc4)c4ccccc4)ncnc32)c(C)c1. The molecule has 3 aromatic heterocycles.